The molecule has 0 saturated carbocycles. The third-order valence-electron chi connectivity index (χ3n) is 5.26. The highest BCUT2D eigenvalue weighted by molar-refractivity contribution is 5.87. The summed E-state index contributed by atoms with van der Waals surface area (Å²) in [7, 11) is 0. The minimum Gasteiger partial charge on any atom is -0.341 e. The standard InChI is InChI=1S/C25H26N2/c1-3-27-24-15-14-20(18-26-19(2)21-10-6-4-7-11-21)16-23(24)17-25(27)22-12-8-5-9-13-22/h4-17,19,26H,3,18H2,1-2H3/t19-/m1/s1. The van der Waals surface area contributed by atoms with E-state index in [0.717, 1.165) is 13.1 Å². The van der Waals surface area contributed by atoms with Crippen LogP contribution in [0.25, 0.3) is 22.2 Å². The molecule has 0 radical (unpaired) electrons. The van der Waals surface area contributed by atoms with Gasteiger partial charge < -0.3 is 9.88 Å². The van der Waals surface area contributed by atoms with Gasteiger partial charge >= 0.3 is 0 Å². The van der Waals surface area contributed by atoms with Gasteiger partial charge in [0.05, 0.1) is 0 Å². The fourth-order valence-electron chi connectivity index (χ4n) is 3.75. The van der Waals surface area contributed by atoms with Gasteiger partial charge in [-0.3, -0.25) is 0 Å². The summed E-state index contributed by atoms with van der Waals surface area (Å²) in [6, 6.07) is 30.7. The van der Waals surface area contributed by atoms with Crippen LogP contribution in [-0.4, -0.2) is 4.57 Å². The van der Waals surface area contributed by atoms with Crippen LogP contribution >= 0.6 is 0 Å². The number of nitrogens with zero attached hydrogens (tertiary/aromatic N) is 1. The van der Waals surface area contributed by atoms with Crippen molar-refractivity contribution in [1.82, 2.24) is 9.88 Å². The Labute approximate surface area is 161 Å². The van der Waals surface area contributed by atoms with E-state index in [1.165, 1.54) is 33.3 Å². The van der Waals surface area contributed by atoms with Gasteiger partial charge in [-0.05, 0) is 48.7 Å². The molecule has 0 unspecified atom stereocenters. The summed E-state index contributed by atoms with van der Waals surface area (Å²) in [6.45, 7) is 6.26. The number of rotatable bonds is 6. The van der Waals surface area contributed by atoms with E-state index in [1.54, 1.807) is 0 Å². The van der Waals surface area contributed by atoms with Gasteiger partial charge in [0.2, 0.25) is 0 Å². The first-order valence-corrected chi connectivity index (χ1v) is 9.72. The molecule has 4 rings (SSSR count). The van der Waals surface area contributed by atoms with Crippen LogP contribution in [0.3, 0.4) is 0 Å². The molecule has 1 heterocycles. The largest absolute Gasteiger partial charge is 0.341 e. The normalized spacial score (nSPS) is 12.4. The van der Waals surface area contributed by atoms with Crippen LogP contribution in [0.15, 0.2) is 84.9 Å². The molecule has 0 fully saturated rings. The third kappa shape index (κ3) is 3.67. The zero-order valence-corrected chi connectivity index (χ0v) is 16.0. The van der Waals surface area contributed by atoms with Crippen LogP contribution in [0, 0.1) is 0 Å². The second kappa shape index (κ2) is 7.81. The summed E-state index contributed by atoms with van der Waals surface area (Å²) in [4.78, 5) is 0. The lowest BCUT2D eigenvalue weighted by molar-refractivity contribution is 0.575. The van der Waals surface area contributed by atoms with E-state index in [1.807, 2.05) is 0 Å². The molecule has 136 valence electrons. The predicted molar refractivity (Wildman–Crippen MR) is 115 cm³/mol. The Morgan fingerprint density at radius 2 is 1.56 bits per heavy atom. The molecule has 3 aromatic carbocycles. The highest BCUT2D eigenvalue weighted by Crippen LogP contribution is 2.29. The van der Waals surface area contributed by atoms with Gasteiger partial charge in [-0.1, -0.05) is 66.7 Å². The van der Waals surface area contributed by atoms with E-state index in [9.17, 15) is 0 Å². The molecular weight excluding hydrogens is 328 g/mol. The number of aryl methyl sites for hydroxylation is 1. The minimum atomic E-state index is 0.335. The van der Waals surface area contributed by atoms with Gasteiger partial charge in [-0.25, -0.2) is 0 Å². The maximum atomic E-state index is 3.64. The third-order valence-corrected chi connectivity index (χ3v) is 5.26. The van der Waals surface area contributed by atoms with Crippen molar-refractivity contribution in [1.29, 1.82) is 0 Å². The molecule has 0 aliphatic rings. The number of nitrogens with one attached hydrogen (secondary N) is 1. The molecule has 2 nitrogen and oxygen atoms in total. The van der Waals surface area contributed by atoms with Crippen molar-refractivity contribution < 1.29 is 0 Å². The lowest BCUT2D eigenvalue weighted by Crippen LogP contribution is -2.17. The van der Waals surface area contributed by atoms with Gasteiger partial charge in [-0.15, -0.1) is 0 Å². The maximum absolute atomic E-state index is 3.64. The van der Waals surface area contributed by atoms with Crippen LogP contribution in [0.4, 0.5) is 0 Å². The molecule has 4 aromatic rings. The highest BCUT2D eigenvalue weighted by Gasteiger charge is 2.10. The van der Waals surface area contributed by atoms with Crippen molar-refractivity contribution in [3.8, 4) is 11.3 Å². The van der Waals surface area contributed by atoms with E-state index < -0.39 is 0 Å². The van der Waals surface area contributed by atoms with Gasteiger partial charge in [0.25, 0.3) is 0 Å². The van der Waals surface area contributed by atoms with Crippen molar-refractivity contribution in [2.75, 3.05) is 0 Å². The maximum Gasteiger partial charge on any atom is 0.0491 e. The number of fused-ring (bicyclic) bond motifs is 1. The molecule has 1 aromatic heterocycles. The van der Waals surface area contributed by atoms with Gasteiger partial charge in [-0.2, -0.15) is 0 Å². The average Bonchev–Trinajstić information content (AvgIpc) is 3.11. The van der Waals surface area contributed by atoms with E-state index in [4.69, 9.17) is 0 Å². The Hall–Kier alpha value is -2.84. The molecule has 0 spiro atoms. The second-order valence-electron chi connectivity index (χ2n) is 7.05. The zero-order chi connectivity index (χ0) is 18.6. The van der Waals surface area contributed by atoms with Crippen LogP contribution in [0.1, 0.15) is 31.0 Å². The van der Waals surface area contributed by atoms with Crippen molar-refractivity contribution in [2.24, 2.45) is 0 Å². The predicted octanol–water partition coefficient (Wildman–Crippen LogP) is 6.18. The second-order valence-corrected chi connectivity index (χ2v) is 7.05. The van der Waals surface area contributed by atoms with Crippen molar-refractivity contribution in [2.45, 2.75) is 33.0 Å². The Bertz CT molecular complexity index is 1020. The molecule has 2 heteroatoms. The van der Waals surface area contributed by atoms with Gasteiger partial charge in [0.15, 0.2) is 0 Å². The fourth-order valence-corrected chi connectivity index (χ4v) is 3.75. The molecule has 27 heavy (non-hydrogen) atoms. The van der Waals surface area contributed by atoms with E-state index in [2.05, 4.69) is 109 Å². The van der Waals surface area contributed by atoms with Crippen molar-refractivity contribution >= 4 is 10.9 Å². The Balaban J connectivity index is 1.59. The van der Waals surface area contributed by atoms with E-state index >= 15 is 0 Å². The summed E-state index contributed by atoms with van der Waals surface area (Å²) < 4.78 is 2.40. The summed E-state index contributed by atoms with van der Waals surface area (Å²) in [6.07, 6.45) is 0. The van der Waals surface area contributed by atoms with Crippen LogP contribution in [-0.2, 0) is 13.1 Å². The zero-order valence-electron chi connectivity index (χ0n) is 16.0. The summed E-state index contributed by atoms with van der Waals surface area (Å²) >= 11 is 0. The van der Waals surface area contributed by atoms with Crippen LogP contribution in [0.2, 0.25) is 0 Å². The quantitative estimate of drug-likeness (QED) is 0.437. The van der Waals surface area contributed by atoms with Crippen molar-refractivity contribution in [3.63, 3.8) is 0 Å². The van der Waals surface area contributed by atoms with Gasteiger partial charge in [0.1, 0.15) is 0 Å². The Morgan fingerprint density at radius 1 is 0.852 bits per heavy atom. The van der Waals surface area contributed by atoms with Gasteiger partial charge in [0, 0.05) is 35.7 Å². The summed E-state index contributed by atoms with van der Waals surface area (Å²) in [5.41, 5.74) is 6.50. The first-order chi connectivity index (χ1) is 13.3. The topological polar surface area (TPSA) is 17.0 Å². The first-order valence-electron chi connectivity index (χ1n) is 9.72. The highest BCUT2D eigenvalue weighted by atomic mass is 15.0. The summed E-state index contributed by atoms with van der Waals surface area (Å²) in [5.74, 6) is 0. The minimum absolute atomic E-state index is 0.335. The SMILES string of the molecule is CCn1c(-c2ccccc2)cc2cc(CN[C@H](C)c3ccccc3)ccc21. The lowest BCUT2D eigenvalue weighted by atomic mass is 10.1. The molecule has 0 aliphatic carbocycles. The molecular formula is C25H26N2. The Kier molecular flexibility index (Phi) is 5.08. The van der Waals surface area contributed by atoms with Crippen molar-refractivity contribution in [3.05, 3.63) is 96.1 Å². The first kappa shape index (κ1) is 17.6. The lowest BCUT2D eigenvalue weighted by Gasteiger charge is -2.14. The molecule has 0 bridgehead atoms. The van der Waals surface area contributed by atoms with E-state index in [0.29, 0.717) is 6.04 Å². The average molecular weight is 354 g/mol. The molecule has 1 N–H and O–H groups in total. The number of benzene rings is 3. The van der Waals surface area contributed by atoms with Crippen LogP contribution in [0.5, 0.6) is 0 Å². The smallest absolute Gasteiger partial charge is 0.0491 e. The molecule has 0 amide bonds. The van der Waals surface area contributed by atoms with E-state index in [-0.39, 0.29) is 0 Å². The van der Waals surface area contributed by atoms with Crippen LogP contribution < -0.4 is 5.32 Å². The molecule has 0 saturated heterocycles. The number of aromatic nitrogens is 1. The molecule has 0 aliphatic heterocycles. The number of hydrogen-bond donors (Lipinski definition) is 1. The molecule has 1 atom stereocenters. The fraction of sp³-hybridized carbons (Fsp3) is 0.200. The number of hydrogen-bond acceptors (Lipinski definition) is 1. The Morgan fingerprint density at radius 3 is 2.26 bits per heavy atom. The summed E-state index contributed by atoms with van der Waals surface area (Å²) in [5, 5.41) is 4.95. The monoisotopic (exact) mass is 354 g/mol.